The van der Waals surface area contributed by atoms with Crippen LogP contribution >= 0.6 is 12.2 Å². The molecule has 3 aromatic heterocycles. The van der Waals surface area contributed by atoms with Crippen molar-refractivity contribution in [3.05, 3.63) is 84.2 Å². The third-order valence-corrected chi connectivity index (χ3v) is 6.66. The maximum absolute atomic E-state index is 5.89. The van der Waals surface area contributed by atoms with E-state index in [0.29, 0.717) is 6.04 Å². The van der Waals surface area contributed by atoms with Gasteiger partial charge in [0.05, 0.1) is 30.0 Å². The summed E-state index contributed by atoms with van der Waals surface area (Å²) in [4.78, 5) is 11.7. The SMILES string of the molecule is S=C1NC(c2ccccn2)C(c2cccn2Cc2ccccn2)N1C1CCCCC1. The van der Waals surface area contributed by atoms with Crippen molar-refractivity contribution in [1.82, 2.24) is 24.8 Å². The normalized spacial score (nSPS) is 22.3. The Bertz CT molecular complexity index is 981. The van der Waals surface area contributed by atoms with Crippen molar-refractivity contribution < 1.29 is 0 Å². The molecule has 0 amide bonds. The molecule has 1 N–H and O–H groups in total. The van der Waals surface area contributed by atoms with E-state index in [9.17, 15) is 0 Å². The molecule has 5 rings (SSSR count). The van der Waals surface area contributed by atoms with Crippen LogP contribution in [-0.4, -0.2) is 30.6 Å². The first kappa shape index (κ1) is 19.2. The van der Waals surface area contributed by atoms with Gasteiger partial charge in [-0.25, -0.2) is 0 Å². The summed E-state index contributed by atoms with van der Waals surface area (Å²) in [6.45, 7) is 0.750. The van der Waals surface area contributed by atoms with E-state index in [4.69, 9.17) is 12.2 Å². The number of aromatic nitrogens is 3. The van der Waals surface area contributed by atoms with Crippen LogP contribution in [0, 0.1) is 0 Å². The van der Waals surface area contributed by atoms with Crippen LogP contribution in [0.3, 0.4) is 0 Å². The highest BCUT2D eigenvalue weighted by Crippen LogP contribution is 2.42. The molecule has 1 saturated heterocycles. The number of rotatable bonds is 5. The molecule has 2 unspecified atom stereocenters. The molecule has 6 heteroatoms. The molecule has 2 aliphatic rings. The summed E-state index contributed by atoms with van der Waals surface area (Å²) in [7, 11) is 0. The minimum atomic E-state index is 0.0398. The molecule has 30 heavy (non-hydrogen) atoms. The van der Waals surface area contributed by atoms with Gasteiger partial charge in [-0.15, -0.1) is 0 Å². The summed E-state index contributed by atoms with van der Waals surface area (Å²) < 4.78 is 2.31. The Morgan fingerprint density at radius 2 is 1.73 bits per heavy atom. The van der Waals surface area contributed by atoms with Gasteiger partial charge >= 0.3 is 0 Å². The summed E-state index contributed by atoms with van der Waals surface area (Å²) in [6.07, 6.45) is 12.2. The van der Waals surface area contributed by atoms with E-state index in [1.807, 2.05) is 30.6 Å². The zero-order valence-electron chi connectivity index (χ0n) is 17.0. The predicted molar refractivity (Wildman–Crippen MR) is 122 cm³/mol. The third kappa shape index (κ3) is 3.72. The lowest BCUT2D eigenvalue weighted by atomic mass is 9.92. The molecule has 3 aromatic rings. The monoisotopic (exact) mass is 417 g/mol. The summed E-state index contributed by atoms with van der Waals surface area (Å²) in [5, 5.41) is 4.47. The first-order valence-corrected chi connectivity index (χ1v) is 11.3. The number of pyridine rings is 2. The number of nitrogens with zero attached hydrogens (tertiary/aromatic N) is 4. The van der Waals surface area contributed by atoms with Crippen molar-refractivity contribution in [2.45, 2.75) is 56.8 Å². The van der Waals surface area contributed by atoms with Gasteiger partial charge in [0.1, 0.15) is 0 Å². The van der Waals surface area contributed by atoms with Gasteiger partial charge in [0.25, 0.3) is 0 Å². The van der Waals surface area contributed by atoms with Crippen molar-refractivity contribution >= 4 is 17.3 Å². The molecular weight excluding hydrogens is 390 g/mol. The quantitative estimate of drug-likeness (QED) is 0.613. The van der Waals surface area contributed by atoms with Crippen LogP contribution in [0.25, 0.3) is 0 Å². The number of nitrogens with one attached hydrogen (secondary N) is 1. The van der Waals surface area contributed by atoms with Gasteiger partial charge in [-0.1, -0.05) is 31.4 Å². The van der Waals surface area contributed by atoms with Gasteiger partial charge < -0.3 is 14.8 Å². The van der Waals surface area contributed by atoms with Crippen LogP contribution in [0.15, 0.2) is 67.1 Å². The second kappa shape index (κ2) is 8.56. The zero-order valence-corrected chi connectivity index (χ0v) is 17.8. The molecule has 0 aromatic carbocycles. The number of hydrogen-bond acceptors (Lipinski definition) is 3. The van der Waals surface area contributed by atoms with Gasteiger partial charge in [0.2, 0.25) is 0 Å². The van der Waals surface area contributed by atoms with Crippen LogP contribution in [0.2, 0.25) is 0 Å². The molecule has 4 heterocycles. The van der Waals surface area contributed by atoms with Crippen molar-refractivity contribution in [2.24, 2.45) is 0 Å². The Labute approximate surface area is 183 Å². The van der Waals surface area contributed by atoms with Gasteiger partial charge in [-0.05, 0) is 61.5 Å². The highest BCUT2D eigenvalue weighted by atomic mass is 32.1. The Morgan fingerprint density at radius 3 is 2.47 bits per heavy atom. The first-order chi connectivity index (χ1) is 14.8. The number of hydrogen-bond donors (Lipinski definition) is 1. The van der Waals surface area contributed by atoms with Crippen molar-refractivity contribution in [2.75, 3.05) is 0 Å². The van der Waals surface area contributed by atoms with E-state index < -0.39 is 0 Å². The van der Waals surface area contributed by atoms with Crippen molar-refractivity contribution in [3.8, 4) is 0 Å². The fourth-order valence-electron chi connectivity index (χ4n) is 4.94. The zero-order chi connectivity index (χ0) is 20.3. The highest BCUT2D eigenvalue weighted by Gasteiger charge is 2.44. The lowest BCUT2D eigenvalue weighted by molar-refractivity contribution is 0.191. The van der Waals surface area contributed by atoms with Crippen molar-refractivity contribution in [1.29, 1.82) is 0 Å². The third-order valence-electron chi connectivity index (χ3n) is 6.33. The largest absolute Gasteiger partial charge is 0.352 e. The summed E-state index contributed by atoms with van der Waals surface area (Å²) in [5.41, 5.74) is 3.35. The molecule has 1 aliphatic carbocycles. The van der Waals surface area contributed by atoms with Crippen LogP contribution in [-0.2, 0) is 6.54 Å². The fraction of sp³-hybridized carbons (Fsp3) is 0.375. The maximum atomic E-state index is 5.89. The summed E-state index contributed by atoms with van der Waals surface area (Å²) in [6, 6.07) is 17.2. The van der Waals surface area contributed by atoms with Gasteiger partial charge in [-0.3, -0.25) is 9.97 Å². The second-order valence-electron chi connectivity index (χ2n) is 8.21. The Kier molecular flexibility index (Phi) is 5.49. The second-order valence-corrected chi connectivity index (χ2v) is 8.59. The molecular formula is C24H27N5S. The molecule has 5 nitrogen and oxygen atoms in total. The minimum absolute atomic E-state index is 0.0398. The van der Waals surface area contributed by atoms with E-state index >= 15 is 0 Å². The Hall–Kier alpha value is -2.73. The van der Waals surface area contributed by atoms with E-state index in [1.165, 1.54) is 37.8 Å². The van der Waals surface area contributed by atoms with Crippen LogP contribution in [0.4, 0.5) is 0 Å². The number of thiocarbonyl (C=S) groups is 1. The molecule has 1 aliphatic heterocycles. The van der Waals surface area contributed by atoms with E-state index in [-0.39, 0.29) is 12.1 Å². The molecule has 0 radical (unpaired) electrons. The van der Waals surface area contributed by atoms with Crippen LogP contribution < -0.4 is 5.32 Å². The molecule has 2 fully saturated rings. The van der Waals surface area contributed by atoms with Crippen LogP contribution in [0.1, 0.15) is 61.3 Å². The average molecular weight is 418 g/mol. The minimum Gasteiger partial charge on any atom is -0.352 e. The smallest absolute Gasteiger partial charge is 0.170 e. The summed E-state index contributed by atoms with van der Waals surface area (Å²) >= 11 is 5.89. The summed E-state index contributed by atoms with van der Waals surface area (Å²) in [5.74, 6) is 0. The lowest BCUT2D eigenvalue weighted by Crippen LogP contribution is -2.40. The fourth-order valence-corrected chi connectivity index (χ4v) is 5.33. The van der Waals surface area contributed by atoms with Gasteiger partial charge in [-0.2, -0.15) is 0 Å². The average Bonchev–Trinajstić information content (AvgIpc) is 3.39. The molecule has 0 spiro atoms. The molecule has 154 valence electrons. The Balaban J connectivity index is 1.54. The molecule has 2 atom stereocenters. The lowest BCUT2D eigenvalue weighted by Gasteiger charge is -2.37. The molecule has 0 bridgehead atoms. The standard InChI is InChI=1S/C24H27N5S/c30-24-27-22(20-12-5-7-15-26-20)23(29(24)19-10-2-1-3-11-19)21-13-8-16-28(21)17-18-9-4-6-14-25-18/h4-9,12-16,19,22-23H,1-3,10-11,17H2,(H,27,30). The van der Waals surface area contributed by atoms with Crippen LogP contribution in [0.5, 0.6) is 0 Å². The maximum Gasteiger partial charge on any atom is 0.170 e. The molecule has 1 saturated carbocycles. The van der Waals surface area contributed by atoms with Crippen molar-refractivity contribution in [3.63, 3.8) is 0 Å². The van der Waals surface area contributed by atoms with E-state index in [2.05, 4.69) is 61.3 Å². The highest BCUT2D eigenvalue weighted by molar-refractivity contribution is 7.80. The first-order valence-electron chi connectivity index (χ1n) is 10.9. The van der Waals surface area contributed by atoms with Gasteiger partial charge in [0, 0.05) is 30.3 Å². The predicted octanol–water partition coefficient (Wildman–Crippen LogP) is 4.63. The Morgan fingerprint density at radius 1 is 0.933 bits per heavy atom. The topological polar surface area (TPSA) is 46.0 Å². The van der Waals surface area contributed by atoms with Gasteiger partial charge in [0.15, 0.2) is 5.11 Å². The van der Waals surface area contributed by atoms with E-state index in [1.54, 1.807) is 0 Å². The van der Waals surface area contributed by atoms with E-state index in [0.717, 1.165) is 23.0 Å².